The molecule has 22 heavy (non-hydrogen) atoms. The topological polar surface area (TPSA) is 45.6 Å². The van der Waals surface area contributed by atoms with Gasteiger partial charge < -0.3 is 4.90 Å². The number of aliphatic imine (C=N–C) groups is 1. The molecule has 1 aliphatic heterocycles. The third-order valence-electron chi connectivity index (χ3n) is 3.80. The van der Waals surface area contributed by atoms with Gasteiger partial charge in [0, 0.05) is 30.8 Å². The van der Waals surface area contributed by atoms with Gasteiger partial charge >= 0.3 is 0 Å². The summed E-state index contributed by atoms with van der Waals surface area (Å²) in [6.07, 6.45) is 0. The van der Waals surface area contributed by atoms with E-state index in [0.717, 1.165) is 39.5 Å². The van der Waals surface area contributed by atoms with Crippen LogP contribution in [0.1, 0.15) is 29.9 Å². The van der Waals surface area contributed by atoms with Crippen molar-refractivity contribution in [2.75, 3.05) is 25.4 Å². The molecule has 1 aliphatic rings. The summed E-state index contributed by atoms with van der Waals surface area (Å²) in [5.41, 5.74) is 2.39. The highest BCUT2D eigenvalue weighted by Crippen LogP contribution is 2.24. The van der Waals surface area contributed by atoms with Gasteiger partial charge in [0.2, 0.25) is 0 Å². The van der Waals surface area contributed by atoms with Crippen molar-refractivity contribution in [3.63, 3.8) is 0 Å². The lowest BCUT2D eigenvalue weighted by molar-refractivity contribution is 0.0775. The molecule has 1 aromatic heterocycles. The first-order chi connectivity index (χ1) is 10.7. The van der Waals surface area contributed by atoms with Gasteiger partial charge in [-0.1, -0.05) is 18.2 Å². The normalized spacial score (nSPS) is 14.2. The summed E-state index contributed by atoms with van der Waals surface area (Å²) in [6, 6.07) is 9.73. The summed E-state index contributed by atoms with van der Waals surface area (Å²) in [6.45, 7) is 6.24. The molecule has 0 spiro atoms. The molecule has 0 fully saturated rings. The van der Waals surface area contributed by atoms with Crippen LogP contribution in [0.3, 0.4) is 0 Å². The number of carbonyl (C=O) groups is 1. The lowest BCUT2D eigenvalue weighted by Gasteiger charge is -2.20. The number of rotatable bonds is 4. The van der Waals surface area contributed by atoms with Crippen LogP contribution in [0, 0.1) is 0 Å². The Bertz CT molecular complexity index is 738. The maximum absolute atomic E-state index is 12.8. The third kappa shape index (κ3) is 2.73. The van der Waals surface area contributed by atoms with E-state index in [9.17, 15) is 4.79 Å². The van der Waals surface area contributed by atoms with E-state index in [4.69, 9.17) is 0 Å². The highest BCUT2D eigenvalue weighted by Gasteiger charge is 2.20. The molecule has 114 valence electrons. The Morgan fingerprint density at radius 1 is 1.27 bits per heavy atom. The molecule has 2 aromatic rings. The first-order valence-electron chi connectivity index (χ1n) is 7.61. The number of aromatic nitrogens is 1. The van der Waals surface area contributed by atoms with Gasteiger partial charge in [-0.25, -0.2) is 4.98 Å². The highest BCUT2D eigenvalue weighted by atomic mass is 32.2. The minimum Gasteiger partial charge on any atom is -0.339 e. The number of fused-ring (bicyclic) bond motifs is 1. The number of nitrogens with zero attached hydrogens (tertiary/aromatic N) is 3. The van der Waals surface area contributed by atoms with E-state index < -0.39 is 0 Å². The number of carbonyl (C=O) groups excluding carboxylic acids is 1. The first kappa shape index (κ1) is 15.0. The van der Waals surface area contributed by atoms with Gasteiger partial charge in [0.05, 0.1) is 16.8 Å². The molecule has 2 heterocycles. The van der Waals surface area contributed by atoms with Gasteiger partial charge in [0.1, 0.15) is 5.04 Å². The van der Waals surface area contributed by atoms with Crippen LogP contribution in [-0.2, 0) is 0 Å². The predicted octanol–water partition coefficient (Wildman–Crippen LogP) is 3.21. The molecule has 0 saturated carbocycles. The molecule has 5 heteroatoms. The molecule has 1 aromatic carbocycles. The molecule has 0 bridgehead atoms. The summed E-state index contributed by atoms with van der Waals surface area (Å²) < 4.78 is 0. The summed E-state index contributed by atoms with van der Waals surface area (Å²) in [4.78, 5) is 23.9. The third-order valence-corrected chi connectivity index (χ3v) is 4.80. The van der Waals surface area contributed by atoms with Crippen LogP contribution >= 0.6 is 11.8 Å². The van der Waals surface area contributed by atoms with Gasteiger partial charge in [-0.3, -0.25) is 9.79 Å². The van der Waals surface area contributed by atoms with E-state index in [0.29, 0.717) is 13.1 Å². The number of pyridine rings is 1. The van der Waals surface area contributed by atoms with Crippen molar-refractivity contribution >= 4 is 33.6 Å². The average molecular weight is 313 g/mol. The van der Waals surface area contributed by atoms with Gasteiger partial charge in [-0.2, -0.15) is 0 Å². The summed E-state index contributed by atoms with van der Waals surface area (Å²) >= 11 is 1.71. The second-order valence-corrected chi connectivity index (χ2v) is 6.17. The van der Waals surface area contributed by atoms with E-state index in [1.807, 2.05) is 49.1 Å². The predicted molar refractivity (Wildman–Crippen MR) is 92.9 cm³/mol. The lowest BCUT2D eigenvalue weighted by atomic mass is 10.1. The average Bonchev–Trinajstić information content (AvgIpc) is 3.09. The summed E-state index contributed by atoms with van der Waals surface area (Å²) in [7, 11) is 0. The minimum atomic E-state index is 0.0634. The van der Waals surface area contributed by atoms with Crippen molar-refractivity contribution in [1.82, 2.24) is 9.88 Å². The number of benzene rings is 1. The van der Waals surface area contributed by atoms with Crippen molar-refractivity contribution in [3.8, 4) is 0 Å². The Hall–Kier alpha value is -1.88. The van der Waals surface area contributed by atoms with Crippen LogP contribution in [0.4, 0.5) is 0 Å². The molecule has 0 unspecified atom stereocenters. The molecule has 1 amide bonds. The fourth-order valence-electron chi connectivity index (χ4n) is 2.63. The van der Waals surface area contributed by atoms with Gasteiger partial charge in [0.15, 0.2) is 0 Å². The van der Waals surface area contributed by atoms with E-state index >= 15 is 0 Å². The molecular formula is C17H19N3OS. The van der Waals surface area contributed by atoms with Gasteiger partial charge in [0.25, 0.3) is 5.91 Å². The molecule has 0 atom stereocenters. The SMILES string of the molecule is CCN(CC)C(=O)c1cc(C2=NCCS2)nc2ccccc12. The van der Waals surface area contributed by atoms with Crippen LogP contribution in [0.5, 0.6) is 0 Å². The molecule has 0 saturated heterocycles. The minimum absolute atomic E-state index is 0.0634. The van der Waals surface area contributed by atoms with Gasteiger partial charge in [-0.05, 0) is 26.0 Å². The Morgan fingerprint density at radius 2 is 2.05 bits per heavy atom. The van der Waals surface area contributed by atoms with Crippen molar-refractivity contribution in [2.45, 2.75) is 13.8 Å². The first-order valence-corrected chi connectivity index (χ1v) is 8.59. The van der Waals surface area contributed by atoms with Crippen molar-refractivity contribution in [3.05, 3.63) is 41.6 Å². The van der Waals surface area contributed by atoms with E-state index in [1.54, 1.807) is 11.8 Å². The summed E-state index contributed by atoms with van der Waals surface area (Å²) in [5.74, 6) is 1.05. The van der Waals surface area contributed by atoms with E-state index in [1.165, 1.54) is 0 Å². The van der Waals surface area contributed by atoms with Crippen molar-refractivity contribution in [2.24, 2.45) is 4.99 Å². The number of hydrogen-bond acceptors (Lipinski definition) is 4. The Morgan fingerprint density at radius 3 is 2.73 bits per heavy atom. The maximum Gasteiger partial charge on any atom is 0.254 e. The van der Waals surface area contributed by atoms with Gasteiger partial charge in [-0.15, -0.1) is 11.8 Å². The van der Waals surface area contributed by atoms with E-state index in [-0.39, 0.29) is 5.91 Å². The zero-order chi connectivity index (χ0) is 15.5. The Balaban J connectivity index is 2.16. The zero-order valence-electron chi connectivity index (χ0n) is 12.9. The molecule has 0 aliphatic carbocycles. The van der Waals surface area contributed by atoms with Crippen LogP contribution in [-0.4, -0.2) is 46.2 Å². The summed E-state index contributed by atoms with van der Waals surface area (Å²) in [5, 5.41) is 1.85. The quantitative estimate of drug-likeness (QED) is 0.870. The Labute approximate surface area is 134 Å². The molecule has 4 nitrogen and oxygen atoms in total. The molecule has 0 radical (unpaired) electrons. The smallest absolute Gasteiger partial charge is 0.254 e. The number of para-hydroxylation sites is 1. The second kappa shape index (κ2) is 6.48. The Kier molecular flexibility index (Phi) is 4.43. The van der Waals surface area contributed by atoms with E-state index in [2.05, 4.69) is 9.98 Å². The second-order valence-electron chi connectivity index (χ2n) is 5.08. The number of thioether (sulfide) groups is 1. The van der Waals surface area contributed by atoms with Crippen LogP contribution in [0.25, 0.3) is 10.9 Å². The number of amides is 1. The number of hydrogen-bond donors (Lipinski definition) is 0. The van der Waals surface area contributed by atoms with Crippen molar-refractivity contribution in [1.29, 1.82) is 0 Å². The maximum atomic E-state index is 12.8. The lowest BCUT2D eigenvalue weighted by Crippen LogP contribution is -2.30. The fraction of sp³-hybridized carbons (Fsp3) is 0.353. The van der Waals surface area contributed by atoms with Crippen LogP contribution in [0.15, 0.2) is 35.3 Å². The van der Waals surface area contributed by atoms with Crippen molar-refractivity contribution < 1.29 is 4.79 Å². The van der Waals surface area contributed by atoms with Crippen LogP contribution < -0.4 is 0 Å². The fourth-order valence-corrected chi connectivity index (χ4v) is 3.44. The monoisotopic (exact) mass is 313 g/mol. The highest BCUT2D eigenvalue weighted by molar-refractivity contribution is 8.14. The largest absolute Gasteiger partial charge is 0.339 e. The molecular weight excluding hydrogens is 294 g/mol. The zero-order valence-corrected chi connectivity index (χ0v) is 13.7. The molecule has 3 rings (SSSR count). The molecule has 0 N–H and O–H groups in total. The standard InChI is InChI=1S/C17H19N3OS/c1-3-20(4-2)17(21)13-11-15(16-18-9-10-22-16)19-14-8-6-5-7-12(13)14/h5-8,11H,3-4,9-10H2,1-2H3. The van der Waals surface area contributed by atoms with Crippen LogP contribution in [0.2, 0.25) is 0 Å².